The van der Waals surface area contributed by atoms with E-state index in [2.05, 4.69) is 5.32 Å². The summed E-state index contributed by atoms with van der Waals surface area (Å²) in [5.41, 5.74) is 0.899. The molecule has 1 nitrogen and oxygen atoms in total. The zero-order valence-corrected chi connectivity index (χ0v) is 7.13. The van der Waals surface area contributed by atoms with Gasteiger partial charge in [0.15, 0.2) is 0 Å². The van der Waals surface area contributed by atoms with Gasteiger partial charge in [0.25, 0.3) is 0 Å². The van der Waals surface area contributed by atoms with E-state index in [1.807, 2.05) is 24.3 Å². The molecule has 1 heterocycles. The summed E-state index contributed by atoms with van der Waals surface area (Å²) in [5.74, 6) is -2.44. The molecule has 0 amide bonds. The molecule has 0 unspecified atom stereocenters. The smallest absolute Gasteiger partial charge is 0.249 e. The van der Waals surface area contributed by atoms with Crippen LogP contribution in [-0.2, 0) is 0 Å². The Kier molecular flexibility index (Phi) is 1.94. The second-order valence-corrected chi connectivity index (χ2v) is 3.47. The molecule has 2 rings (SSSR count). The molecule has 0 spiro atoms. The third-order valence-electron chi connectivity index (χ3n) is 2.37. The van der Waals surface area contributed by atoms with Gasteiger partial charge in [0.2, 0.25) is 5.92 Å². The molecule has 13 heavy (non-hydrogen) atoms. The molecule has 0 bridgehead atoms. The topological polar surface area (TPSA) is 12.0 Å². The van der Waals surface area contributed by atoms with Gasteiger partial charge in [-0.1, -0.05) is 12.2 Å². The maximum atomic E-state index is 12.6. The highest BCUT2D eigenvalue weighted by Crippen LogP contribution is 2.45. The number of hydrogen-bond acceptors (Lipinski definition) is 1. The molecule has 1 N–H and O–H groups in total. The van der Waals surface area contributed by atoms with Gasteiger partial charge < -0.3 is 5.32 Å². The predicted octanol–water partition coefficient (Wildman–Crippen LogP) is 2.59. The van der Waals surface area contributed by atoms with Crippen molar-refractivity contribution in [2.24, 2.45) is 5.92 Å². The van der Waals surface area contributed by atoms with E-state index in [1.54, 1.807) is 6.20 Å². The van der Waals surface area contributed by atoms with Gasteiger partial charge in [0.1, 0.15) is 0 Å². The summed E-state index contributed by atoms with van der Waals surface area (Å²) >= 11 is 0. The molecule has 3 heteroatoms. The Morgan fingerprint density at radius 3 is 2.69 bits per heavy atom. The first-order valence-corrected chi connectivity index (χ1v) is 4.35. The first kappa shape index (κ1) is 8.48. The lowest BCUT2D eigenvalue weighted by atomic mass is 9.79. The van der Waals surface area contributed by atoms with Crippen LogP contribution >= 0.6 is 0 Å². The largest absolute Gasteiger partial charge is 0.365 e. The van der Waals surface area contributed by atoms with Crippen molar-refractivity contribution in [2.75, 3.05) is 0 Å². The number of allylic oxidation sites excluding steroid dienone is 5. The number of halogens is 2. The Balaban J connectivity index is 1.99. The normalized spacial score (nSPS) is 25.8. The van der Waals surface area contributed by atoms with Crippen molar-refractivity contribution in [2.45, 2.75) is 18.8 Å². The van der Waals surface area contributed by atoms with Crippen LogP contribution in [0.15, 0.2) is 36.2 Å². The first-order chi connectivity index (χ1) is 6.17. The van der Waals surface area contributed by atoms with Gasteiger partial charge >= 0.3 is 0 Å². The third-order valence-corrected chi connectivity index (χ3v) is 2.37. The fourth-order valence-electron chi connectivity index (χ4n) is 1.61. The second kappa shape index (κ2) is 2.98. The highest BCUT2D eigenvalue weighted by Gasteiger charge is 2.46. The SMILES string of the molecule is FC1(F)CC(C2=CC=CC=CN2)C1. The minimum atomic E-state index is -2.44. The summed E-state index contributed by atoms with van der Waals surface area (Å²) in [5, 5.41) is 3.01. The summed E-state index contributed by atoms with van der Waals surface area (Å²) in [6.07, 6.45) is 9.17. The van der Waals surface area contributed by atoms with E-state index >= 15 is 0 Å². The van der Waals surface area contributed by atoms with E-state index < -0.39 is 5.92 Å². The Labute approximate surface area is 75.8 Å². The Morgan fingerprint density at radius 2 is 2.00 bits per heavy atom. The lowest BCUT2D eigenvalue weighted by Gasteiger charge is -2.36. The molecule has 1 fully saturated rings. The molecule has 0 saturated heterocycles. The van der Waals surface area contributed by atoms with Crippen molar-refractivity contribution in [1.82, 2.24) is 5.32 Å². The minimum absolute atomic E-state index is 0.00222. The van der Waals surface area contributed by atoms with Crippen molar-refractivity contribution >= 4 is 0 Å². The fourth-order valence-corrected chi connectivity index (χ4v) is 1.61. The van der Waals surface area contributed by atoms with Crippen LogP contribution in [-0.4, -0.2) is 5.92 Å². The zero-order chi connectivity index (χ0) is 9.31. The second-order valence-electron chi connectivity index (χ2n) is 3.47. The lowest BCUT2D eigenvalue weighted by Crippen LogP contribution is -2.38. The molecule has 1 aliphatic heterocycles. The average molecular weight is 183 g/mol. The summed E-state index contributed by atoms with van der Waals surface area (Å²) in [4.78, 5) is 0. The van der Waals surface area contributed by atoms with Crippen LogP contribution in [0.5, 0.6) is 0 Å². The van der Waals surface area contributed by atoms with E-state index in [4.69, 9.17) is 0 Å². The minimum Gasteiger partial charge on any atom is -0.365 e. The van der Waals surface area contributed by atoms with Gasteiger partial charge in [-0.2, -0.15) is 0 Å². The van der Waals surface area contributed by atoms with Crippen LogP contribution in [0.1, 0.15) is 12.8 Å². The molecule has 1 saturated carbocycles. The van der Waals surface area contributed by atoms with E-state index in [0.29, 0.717) is 0 Å². The van der Waals surface area contributed by atoms with Gasteiger partial charge in [-0.15, -0.1) is 0 Å². The quantitative estimate of drug-likeness (QED) is 0.658. The zero-order valence-electron chi connectivity index (χ0n) is 7.13. The molecular formula is C10H11F2N. The summed E-state index contributed by atoms with van der Waals surface area (Å²) in [6, 6.07) is 0. The molecule has 0 aromatic rings. The van der Waals surface area contributed by atoms with Crippen LogP contribution in [0.4, 0.5) is 8.78 Å². The summed E-state index contributed by atoms with van der Waals surface area (Å²) in [7, 11) is 0. The Morgan fingerprint density at radius 1 is 1.23 bits per heavy atom. The number of hydrogen-bond donors (Lipinski definition) is 1. The molecule has 0 atom stereocenters. The molecule has 70 valence electrons. The van der Waals surface area contributed by atoms with Gasteiger partial charge in [-0.25, -0.2) is 8.78 Å². The molecular weight excluding hydrogens is 172 g/mol. The van der Waals surface area contributed by atoms with E-state index in [0.717, 1.165) is 5.70 Å². The first-order valence-electron chi connectivity index (χ1n) is 4.35. The predicted molar refractivity (Wildman–Crippen MR) is 47.2 cm³/mol. The third kappa shape index (κ3) is 1.79. The van der Waals surface area contributed by atoms with Crippen molar-refractivity contribution in [3.63, 3.8) is 0 Å². The van der Waals surface area contributed by atoms with Crippen LogP contribution in [0, 0.1) is 5.92 Å². The molecule has 0 aromatic carbocycles. The van der Waals surface area contributed by atoms with Crippen LogP contribution < -0.4 is 5.32 Å². The fraction of sp³-hybridized carbons (Fsp3) is 0.400. The number of rotatable bonds is 1. The van der Waals surface area contributed by atoms with Crippen LogP contribution in [0.2, 0.25) is 0 Å². The van der Waals surface area contributed by atoms with Crippen molar-refractivity contribution in [3.05, 3.63) is 36.2 Å². The highest BCUT2D eigenvalue weighted by atomic mass is 19.3. The molecule has 1 aliphatic carbocycles. The summed E-state index contributed by atoms with van der Waals surface area (Å²) in [6.45, 7) is 0. The lowest BCUT2D eigenvalue weighted by molar-refractivity contribution is -0.100. The van der Waals surface area contributed by atoms with Crippen molar-refractivity contribution in [3.8, 4) is 0 Å². The van der Waals surface area contributed by atoms with Gasteiger partial charge in [-0.05, 0) is 12.2 Å². The Bertz CT molecular complexity index is 281. The van der Waals surface area contributed by atoms with Crippen LogP contribution in [0.3, 0.4) is 0 Å². The number of alkyl halides is 2. The van der Waals surface area contributed by atoms with Crippen molar-refractivity contribution < 1.29 is 8.78 Å². The highest BCUT2D eigenvalue weighted by molar-refractivity contribution is 5.24. The number of nitrogens with one attached hydrogen (secondary N) is 1. The van der Waals surface area contributed by atoms with E-state index in [-0.39, 0.29) is 18.8 Å². The molecule has 0 aromatic heterocycles. The standard InChI is InChI=1S/C10H11F2N/c11-10(12)6-8(7-10)9-4-2-1-3-5-13-9/h1-5,8,13H,6-7H2. The maximum absolute atomic E-state index is 12.6. The monoisotopic (exact) mass is 183 g/mol. The van der Waals surface area contributed by atoms with Crippen LogP contribution in [0.25, 0.3) is 0 Å². The molecule has 2 aliphatic rings. The molecule has 0 radical (unpaired) electrons. The van der Waals surface area contributed by atoms with E-state index in [1.165, 1.54) is 0 Å². The summed E-state index contributed by atoms with van der Waals surface area (Å²) < 4.78 is 25.1. The van der Waals surface area contributed by atoms with Crippen molar-refractivity contribution in [1.29, 1.82) is 0 Å². The Hall–Kier alpha value is -1.12. The van der Waals surface area contributed by atoms with Gasteiger partial charge in [0, 0.05) is 30.7 Å². The van der Waals surface area contributed by atoms with Gasteiger partial charge in [-0.3, -0.25) is 0 Å². The average Bonchev–Trinajstić information content (AvgIpc) is 2.26. The maximum Gasteiger partial charge on any atom is 0.249 e. The van der Waals surface area contributed by atoms with E-state index in [9.17, 15) is 8.78 Å². The van der Waals surface area contributed by atoms with Gasteiger partial charge in [0.05, 0.1) is 0 Å².